The van der Waals surface area contributed by atoms with Crippen LogP contribution in [0, 0.1) is 0 Å². The molecule has 0 spiro atoms. The molecule has 0 aromatic heterocycles. The van der Waals surface area contributed by atoms with Crippen molar-refractivity contribution in [1.29, 1.82) is 0 Å². The molecule has 0 bridgehead atoms. The second-order valence-electron chi connectivity index (χ2n) is 9.08. The van der Waals surface area contributed by atoms with Gasteiger partial charge in [0.2, 0.25) is 0 Å². The Morgan fingerprint density at radius 1 is 0.778 bits per heavy atom. The second kappa shape index (κ2) is 11.4. The van der Waals surface area contributed by atoms with Crippen LogP contribution in [0.1, 0.15) is 54.4 Å². The first-order valence-electron chi connectivity index (χ1n) is 11.0. The molecule has 1 saturated heterocycles. The fourth-order valence-corrected chi connectivity index (χ4v) is 8.64. The Bertz CT molecular complexity index is 392. The topological polar surface area (TPSA) is 34.2 Å². The van der Waals surface area contributed by atoms with Crippen LogP contribution in [0.2, 0.25) is 24.2 Å². The largest absolute Gasteiger partial charge is 0.500 e. The van der Waals surface area contributed by atoms with Gasteiger partial charge >= 0.3 is 8.80 Å². The maximum atomic E-state index is 5.96. The van der Waals surface area contributed by atoms with E-state index in [1.807, 2.05) is 20.8 Å². The number of piperazine rings is 1. The lowest BCUT2D eigenvalue weighted by Crippen LogP contribution is -2.61. The summed E-state index contributed by atoms with van der Waals surface area (Å²) in [7, 11) is -3.82. The Balaban J connectivity index is 2.39. The van der Waals surface area contributed by atoms with Gasteiger partial charge < -0.3 is 22.7 Å². The van der Waals surface area contributed by atoms with Gasteiger partial charge in [-0.05, 0) is 45.2 Å². The summed E-state index contributed by atoms with van der Waals surface area (Å²) in [6.45, 7) is 26.4. The quantitative estimate of drug-likeness (QED) is 0.346. The lowest BCUT2D eigenvalue weighted by molar-refractivity contribution is 0.0703. The SMILES string of the molecule is CCO[Si](CCCCN1CCN([Si](C)(C)C(C)(C)C)CC1)(OCC)OCC. The number of hydrogen-bond acceptors (Lipinski definition) is 5. The standard InChI is InChI=1S/C20H46N2O3Si2/c1-9-23-27(24-10-2,25-11-3)19-13-12-14-21-15-17-22(18-16-21)26(7,8)20(4,5)6/h9-19H2,1-8H3. The van der Waals surface area contributed by atoms with E-state index in [4.69, 9.17) is 13.3 Å². The van der Waals surface area contributed by atoms with Crippen LogP contribution in [0.5, 0.6) is 0 Å². The third kappa shape index (κ3) is 7.53. The average Bonchev–Trinajstić information content (AvgIpc) is 2.59. The highest BCUT2D eigenvalue weighted by molar-refractivity contribution is 6.77. The first kappa shape index (κ1) is 25.3. The maximum absolute atomic E-state index is 5.96. The summed E-state index contributed by atoms with van der Waals surface area (Å²) in [5.41, 5.74) is 0. The predicted molar refractivity (Wildman–Crippen MR) is 120 cm³/mol. The fourth-order valence-electron chi connectivity index (χ4n) is 3.68. The molecule has 0 amide bonds. The van der Waals surface area contributed by atoms with Crippen LogP contribution >= 0.6 is 0 Å². The predicted octanol–water partition coefficient (Wildman–Crippen LogP) is 4.44. The molecule has 1 aliphatic heterocycles. The zero-order valence-electron chi connectivity index (χ0n) is 19.4. The van der Waals surface area contributed by atoms with Gasteiger partial charge in [0.15, 0.2) is 0 Å². The molecule has 0 aliphatic carbocycles. The molecule has 27 heavy (non-hydrogen) atoms. The minimum atomic E-state index is -2.46. The molecule has 0 radical (unpaired) electrons. The van der Waals surface area contributed by atoms with E-state index in [0.717, 1.165) is 12.5 Å². The molecule has 162 valence electrons. The van der Waals surface area contributed by atoms with Crippen molar-refractivity contribution in [2.45, 2.75) is 78.6 Å². The fraction of sp³-hybridized carbons (Fsp3) is 1.00. The first-order valence-corrected chi connectivity index (χ1v) is 15.9. The van der Waals surface area contributed by atoms with Crippen LogP contribution in [0.4, 0.5) is 0 Å². The molecule has 1 rings (SSSR count). The molecular weight excluding hydrogens is 372 g/mol. The molecule has 1 fully saturated rings. The van der Waals surface area contributed by atoms with Crippen LogP contribution in [0.3, 0.4) is 0 Å². The number of unbranched alkanes of at least 4 members (excludes halogenated alkanes) is 1. The Hall–Kier alpha value is 0.234. The van der Waals surface area contributed by atoms with Crippen molar-refractivity contribution in [2.24, 2.45) is 0 Å². The summed E-state index contributed by atoms with van der Waals surface area (Å²) in [6.07, 6.45) is 2.32. The Labute approximate surface area is 171 Å². The molecule has 1 aliphatic rings. The third-order valence-corrected chi connectivity index (χ3v) is 15.1. The monoisotopic (exact) mass is 418 g/mol. The summed E-state index contributed by atoms with van der Waals surface area (Å²) >= 11 is 0. The molecule has 0 aromatic rings. The Kier molecular flexibility index (Phi) is 10.7. The molecular formula is C20H46N2O3Si2. The molecule has 0 aromatic carbocycles. The van der Waals surface area contributed by atoms with Crippen molar-refractivity contribution in [3.05, 3.63) is 0 Å². The summed E-state index contributed by atoms with van der Waals surface area (Å²) in [6, 6.07) is 0.937. The number of nitrogens with zero attached hydrogens (tertiary/aromatic N) is 2. The third-order valence-electron chi connectivity index (χ3n) is 6.30. The van der Waals surface area contributed by atoms with Crippen LogP contribution in [-0.2, 0) is 13.3 Å². The summed E-state index contributed by atoms with van der Waals surface area (Å²) in [5, 5.41) is 0.432. The molecule has 5 nitrogen and oxygen atoms in total. The summed E-state index contributed by atoms with van der Waals surface area (Å²) in [4.78, 5) is 2.63. The van der Waals surface area contributed by atoms with Gasteiger partial charge in [0.1, 0.15) is 8.24 Å². The highest BCUT2D eigenvalue weighted by Crippen LogP contribution is 2.38. The van der Waals surface area contributed by atoms with E-state index in [1.54, 1.807) is 0 Å². The molecule has 0 saturated carbocycles. The van der Waals surface area contributed by atoms with E-state index in [1.165, 1.54) is 39.1 Å². The zero-order chi connectivity index (χ0) is 20.6. The van der Waals surface area contributed by atoms with Crippen molar-refractivity contribution in [3.8, 4) is 0 Å². The maximum Gasteiger partial charge on any atom is 0.500 e. The van der Waals surface area contributed by atoms with Gasteiger partial charge in [-0.1, -0.05) is 33.9 Å². The smallest absolute Gasteiger partial charge is 0.374 e. The van der Waals surface area contributed by atoms with Gasteiger partial charge in [-0.25, -0.2) is 0 Å². The Morgan fingerprint density at radius 2 is 1.26 bits per heavy atom. The summed E-state index contributed by atoms with van der Waals surface area (Å²) in [5.74, 6) is 0. The van der Waals surface area contributed by atoms with E-state index in [0.29, 0.717) is 24.9 Å². The molecule has 0 atom stereocenters. The Morgan fingerprint density at radius 3 is 1.67 bits per heavy atom. The van der Waals surface area contributed by atoms with Crippen LogP contribution in [0.25, 0.3) is 0 Å². The van der Waals surface area contributed by atoms with Crippen molar-refractivity contribution < 1.29 is 13.3 Å². The number of rotatable bonds is 12. The number of hydrogen-bond donors (Lipinski definition) is 0. The van der Waals surface area contributed by atoms with Gasteiger partial charge in [-0.2, -0.15) is 0 Å². The van der Waals surface area contributed by atoms with Crippen LogP contribution < -0.4 is 0 Å². The normalized spacial score (nSPS) is 18.2. The van der Waals surface area contributed by atoms with Gasteiger partial charge in [-0.3, -0.25) is 0 Å². The lowest BCUT2D eigenvalue weighted by atomic mass is 10.2. The van der Waals surface area contributed by atoms with E-state index >= 15 is 0 Å². The van der Waals surface area contributed by atoms with E-state index in [2.05, 4.69) is 43.3 Å². The highest BCUT2D eigenvalue weighted by Gasteiger charge is 2.42. The van der Waals surface area contributed by atoms with Gasteiger partial charge in [0.05, 0.1) is 0 Å². The second-order valence-corrected chi connectivity index (χ2v) is 17.1. The van der Waals surface area contributed by atoms with Gasteiger partial charge in [0, 0.05) is 52.0 Å². The van der Waals surface area contributed by atoms with Crippen molar-refractivity contribution in [1.82, 2.24) is 9.47 Å². The van der Waals surface area contributed by atoms with Gasteiger partial charge in [-0.15, -0.1) is 0 Å². The van der Waals surface area contributed by atoms with Crippen LogP contribution in [0.15, 0.2) is 0 Å². The molecule has 1 heterocycles. The molecule has 0 unspecified atom stereocenters. The molecule has 0 N–H and O–H groups in total. The van der Waals surface area contributed by atoms with Crippen molar-refractivity contribution in [3.63, 3.8) is 0 Å². The average molecular weight is 419 g/mol. The minimum absolute atomic E-state index is 0.432. The van der Waals surface area contributed by atoms with E-state index in [9.17, 15) is 0 Å². The van der Waals surface area contributed by atoms with Gasteiger partial charge in [0.25, 0.3) is 0 Å². The van der Waals surface area contributed by atoms with Crippen molar-refractivity contribution >= 4 is 17.0 Å². The first-order chi connectivity index (χ1) is 12.6. The zero-order valence-corrected chi connectivity index (χ0v) is 21.4. The summed E-state index contributed by atoms with van der Waals surface area (Å²) < 4.78 is 20.7. The molecule has 7 heteroatoms. The minimum Gasteiger partial charge on any atom is -0.374 e. The highest BCUT2D eigenvalue weighted by atomic mass is 28.4. The lowest BCUT2D eigenvalue weighted by Gasteiger charge is -2.49. The van der Waals surface area contributed by atoms with E-state index in [-0.39, 0.29) is 0 Å². The van der Waals surface area contributed by atoms with E-state index < -0.39 is 17.0 Å². The van der Waals surface area contributed by atoms with Crippen molar-refractivity contribution in [2.75, 3.05) is 52.5 Å². The van der Waals surface area contributed by atoms with Crippen LogP contribution in [-0.4, -0.2) is 79.0 Å².